The molecule has 2 N–H and O–H groups in total. The average Bonchev–Trinajstić information content (AvgIpc) is 3.48. The quantitative estimate of drug-likeness (QED) is 0.199. The second-order valence-corrected chi connectivity index (χ2v) is 10.5. The second-order valence-electron chi connectivity index (χ2n) is 10.5. The smallest absolute Gasteiger partial charge is 0.335 e. The Labute approximate surface area is 269 Å². The Balaban J connectivity index is 1.02. The third kappa shape index (κ3) is 5.06. The zero-order chi connectivity index (χ0) is 33.7. The minimum atomic E-state index is -1.21. The number of carboxylic acid groups (broad SMARTS) is 2. The van der Waals surface area contributed by atoms with Crippen LogP contribution < -0.4 is 19.3 Å². The van der Waals surface area contributed by atoms with Crippen molar-refractivity contribution in [2.45, 2.75) is 0 Å². The number of ether oxygens (including phenoxy) is 2. The summed E-state index contributed by atoms with van der Waals surface area (Å²) < 4.78 is 11.7. The van der Waals surface area contributed by atoms with Crippen molar-refractivity contribution < 1.29 is 48.5 Å². The molecule has 3 heterocycles. The minimum absolute atomic E-state index is 0.00977. The van der Waals surface area contributed by atoms with E-state index >= 15 is 0 Å². The van der Waals surface area contributed by atoms with Gasteiger partial charge < -0.3 is 19.7 Å². The van der Waals surface area contributed by atoms with E-state index < -0.39 is 35.6 Å². The van der Waals surface area contributed by atoms with E-state index in [4.69, 9.17) is 9.47 Å². The van der Waals surface area contributed by atoms with E-state index in [0.29, 0.717) is 11.5 Å². The number of nitrogens with zero attached hydrogens (tertiary/aromatic N) is 3. The van der Waals surface area contributed by atoms with Crippen LogP contribution in [0.5, 0.6) is 23.3 Å². The first-order valence-corrected chi connectivity index (χ1v) is 14.1. The Hall–Kier alpha value is -7.15. The molecule has 7 rings (SSSR count). The third-order valence-electron chi connectivity index (χ3n) is 7.60. The Bertz CT molecular complexity index is 2070. The van der Waals surface area contributed by atoms with Crippen molar-refractivity contribution in [3.8, 4) is 23.3 Å². The highest BCUT2D eigenvalue weighted by molar-refractivity contribution is 6.35. The molecule has 4 aromatic carbocycles. The van der Waals surface area contributed by atoms with Crippen molar-refractivity contribution in [1.82, 2.24) is 4.98 Å². The van der Waals surface area contributed by atoms with Gasteiger partial charge >= 0.3 is 11.9 Å². The highest BCUT2D eigenvalue weighted by Crippen LogP contribution is 2.33. The summed E-state index contributed by atoms with van der Waals surface area (Å²) in [5, 5.41) is 18.5. The van der Waals surface area contributed by atoms with Gasteiger partial charge in [0.1, 0.15) is 11.5 Å². The number of pyridine rings is 1. The van der Waals surface area contributed by atoms with Crippen molar-refractivity contribution in [1.29, 1.82) is 0 Å². The Morgan fingerprint density at radius 1 is 0.500 bits per heavy atom. The van der Waals surface area contributed by atoms with Gasteiger partial charge in [0.05, 0.1) is 44.8 Å². The molecule has 13 heteroatoms. The lowest BCUT2D eigenvalue weighted by atomic mass is 10.1. The summed E-state index contributed by atoms with van der Waals surface area (Å²) in [6, 6.07) is 24.6. The lowest BCUT2D eigenvalue weighted by Gasteiger charge is -2.15. The summed E-state index contributed by atoms with van der Waals surface area (Å²) in [6.45, 7) is 0. The van der Waals surface area contributed by atoms with Gasteiger partial charge in [-0.2, -0.15) is 4.98 Å². The number of hydrogen-bond acceptors (Lipinski definition) is 9. The Morgan fingerprint density at radius 3 is 1.25 bits per heavy atom. The minimum Gasteiger partial charge on any atom is -0.478 e. The van der Waals surface area contributed by atoms with Gasteiger partial charge in [0.15, 0.2) is 0 Å². The van der Waals surface area contributed by atoms with Gasteiger partial charge in [0.2, 0.25) is 11.8 Å². The first kappa shape index (κ1) is 29.6. The number of hydrogen-bond donors (Lipinski definition) is 2. The number of carboxylic acids is 2. The molecule has 0 unspecified atom stereocenters. The van der Waals surface area contributed by atoms with Crippen LogP contribution in [0.1, 0.15) is 62.1 Å². The third-order valence-corrected chi connectivity index (χ3v) is 7.60. The van der Waals surface area contributed by atoms with Gasteiger partial charge in [-0.3, -0.25) is 19.2 Å². The van der Waals surface area contributed by atoms with Crippen LogP contribution in [0.4, 0.5) is 11.4 Å². The molecule has 4 amide bonds. The number of carbonyl (C=O) groups is 6. The van der Waals surface area contributed by atoms with Crippen molar-refractivity contribution in [3.05, 3.63) is 137 Å². The maximum absolute atomic E-state index is 12.9. The zero-order valence-electron chi connectivity index (χ0n) is 24.3. The molecule has 0 spiro atoms. The molecule has 0 saturated carbocycles. The molecule has 234 valence electrons. The molecule has 0 saturated heterocycles. The maximum atomic E-state index is 12.9. The van der Waals surface area contributed by atoms with Crippen LogP contribution in [0, 0.1) is 0 Å². The van der Waals surface area contributed by atoms with E-state index in [1.807, 2.05) is 0 Å². The summed E-state index contributed by atoms with van der Waals surface area (Å²) in [6.07, 6.45) is 0. The van der Waals surface area contributed by atoms with Crippen LogP contribution >= 0.6 is 0 Å². The van der Waals surface area contributed by atoms with Crippen molar-refractivity contribution in [2.24, 2.45) is 0 Å². The van der Waals surface area contributed by atoms with Crippen molar-refractivity contribution >= 4 is 46.9 Å². The summed E-state index contributed by atoms with van der Waals surface area (Å²) >= 11 is 0. The number of carbonyl (C=O) groups excluding carboxylic acids is 4. The monoisotopic (exact) mass is 641 g/mol. The molecule has 0 fully saturated rings. The van der Waals surface area contributed by atoms with Crippen LogP contribution in [0.25, 0.3) is 0 Å². The summed E-state index contributed by atoms with van der Waals surface area (Å²) in [5.41, 5.74) is 0.580. The van der Waals surface area contributed by atoms with Crippen LogP contribution in [-0.4, -0.2) is 50.8 Å². The largest absolute Gasteiger partial charge is 0.478 e. The molecular weight excluding hydrogens is 622 g/mol. The Kier molecular flexibility index (Phi) is 6.98. The molecule has 2 aliphatic rings. The number of aromatic carboxylic acids is 2. The Morgan fingerprint density at radius 2 is 0.875 bits per heavy atom. The number of imide groups is 2. The number of fused-ring (bicyclic) bond motifs is 2. The van der Waals surface area contributed by atoms with E-state index in [1.165, 1.54) is 84.9 Å². The average molecular weight is 642 g/mol. The molecule has 0 aliphatic carbocycles. The van der Waals surface area contributed by atoms with Gasteiger partial charge in [0, 0.05) is 12.1 Å². The van der Waals surface area contributed by atoms with Gasteiger partial charge in [-0.25, -0.2) is 19.4 Å². The fourth-order valence-electron chi connectivity index (χ4n) is 5.29. The molecule has 0 bridgehead atoms. The van der Waals surface area contributed by atoms with Crippen molar-refractivity contribution in [3.63, 3.8) is 0 Å². The first-order chi connectivity index (χ1) is 23.1. The molecule has 13 nitrogen and oxygen atoms in total. The van der Waals surface area contributed by atoms with E-state index in [-0.39, 0.29) is 56.5 Å². The fourth-order valence-corrected chi connectivity index (χ4v) is 5.29. The topological polar surface area (TPSA) is 181 Å². The van der Waals surface area contributed by atoms with E-state index in [1.54, 1.807) is 18.2 Å². The van der Waals surface area contributed by atoms with Crippen LogP contribution in [-0.2, 0) is 0 Å². The molecular formula is C35H19N3O10. The van der Waals surface area contributed by atoms with E-state index in [0.717, 1.165) is 9.80 Å². The zero-order valence-corrected chi connectivity index (χ0v) is 24.3. The second kappa shape index (κ2) is 11.3. The SMILES string of the molecule is O=C(O)c1ccc2c(c1)C(=O)N(c1ccc(Oc3cccc(Oc4ccc(N5C(=O)c6ccc(C(=O)O)cc6C5=O)cc4)n3)cc1)C2=O. The molecule has 2 aliphatic heterocycles. The number of aromatic nitrogens is 1. The normalized spacial score (nSPS) is 13.4. The molecule has 48 heavy (non-hydrogen) atoms. The maximum Gasteiger partial charge on any atom is 0.335 e. The number of anilines is 2. The fraction of sp³-hybridized carbons (Fsp3) is 0. The molecule has 0 atom stereocenters. The molecule has 0 radical (unpaired) electrons. The number of amides is 4. The summed E-state index contributed by atoms with van der Waals surface area (Å²) in [4.78, 5) is 80.5. The van der Waals surface area contributed by atoms with E-state index in [9.17, 15) is 39.0 Å². The predicted octanol–water partition coefficient (Wildman–Crippen LogP) is 5.66. The lowest BCUT2D eigenvalue weighted by Crippen LogP contribution is -2.29. The lowest BCUT2D eigenvalue weighted by molar-refractivity contribution is 0.0686. The van der Waals surface area contributed by atoms with Gasteiger partial charge in [-0.15, -0.1) is 0 Å². The van der Waals surface area contributed by atoms with E-state index in [2.05, 4.69) is 4.98 Å². The van der Waals surface area contributed by atoms with Crippen LogP contribution in [0.2, 0.25) is 0 Å². The van der Waals surface area contributed by atoms with Crippen molar-refractivity contribution in [2.75, 3.05) is 9.80 Å². The molecule has 1 aromatic heterocycles. The molecule has 5 aromatic rings. The summed E-state index contributed by atoms with van der Waals surface area (Å²) in [5.74, 6) is -3.80. The number of rotatable bonds is 8. The number of benzene rings is 4. The van der Waals surface area contributed by atoms with Crippen LogP contribution in [0.15, 0.2) is 103 Å². The van der Waals surface area contributed by atoms with Gasteiger partial charge in [-0.05, 0) is 84.9 Å². The highest BCUT2D eigenvalue weighted by atomic mass is 16.5. The van der Waals surface area contributed by atoms with Crippen LogP contribution in [0.3, 0.4) is 0 Å². The standard InChI is InChI=1S/C35H19N3O10/c39-30-24-14-4-18(34(43)44)16-26(24)32(41)37(30)20-6-10-22(11-7-20)47-28-2-1-3-29(36-28)48-23-12-8-21(9-13-23)38-31(40)25-15-5-19(35(45)46)17-27(25)33(38)42/h1-17H,(H,43,44)(H,45,46). The highest BCUT2D eigenvalue weighted by Gasteiger charge is 2.38. The van der Waals surface area contributed by atoms with Gasteiger partial charge in [-0.1, -0.05) is 6.07 Å². The summed E-state index contributed by atoms with van der Waals surface area (Å²) in [7, 11) is 0. The van der Waals surface area contributed by atoms with Gasteiger partial charge in [0.25, 0.3) is 23.6 Å². The first-order valence-electron chi connectivity index (χ1n) is 14.1. The predicted molar refractivity (Wildman–Crippen MR) is 166 cm³/mol.